The number of amides is 2. The van der Waals surface area contributed by atoms with Crippen molar-refractivity contribution in [2.75, 3.05) is 25.6 Å². The molecule has 1 aliphatic rings. The van der Waals surface area contributed by atoms with Gasteiger partial charge in [-0.1, -0.05) is 12.1 Å². The highest BCUT2D eigenvalue weighted by atomic mass is 16.6. The lowest BCUT2D eigenvalue weighted by atomic mass is 10.1. The molecule has 0 radical (unpaired) electrons. The molecular formula is C22H20N2O5. The minimum atomic E-state index is -0.306. The molecule has 2 N–H and O–H groups in total. The van der Waals surface area contributed by atoms with E-state index in [4.69, 9.17) is 13.9 Å². The first-order valence-electron chi connectivity index (χ1n) is 9.19. The van der Waals surface area contributed by atoms with Crippen molar-refractivity contribution in [3.05, 3.63) is 65.4 Å². The number of aryl methyl sites for hydroxylation is 1. The van der Waals surface area contributed by atoms with Crippen molar-refractivity contribution >= 4 is 17.5 Å². The van der Waals surface area contributed by atoms with E-state index >= 15 is 0 Å². The standard InChI is InChI=1S/C22H20N2O5/c1-13-10-19-20(28-9-8-27-19)12-16(13)24-21(25)15-5-3-4-14(11-15)17-6-7-18(29-17)22(26)23-2/h3-7,10-12H,8-9H2,1-2H3,(H,23,26)(H,24,25). The van der Waals surface area contributed by atoms with Crippen LogP contribution in [0.1, 0.15) is 26.5 Å². The van der Waals surface area contributed by atoms with Gasteiger partial charge in [-0.3, -0.25) is 9.59 Å². The fraction of sp³-hybridized carbons (Fsp3) is 0.182. The fourth-order valence-electron chi connectivity index (χ4n) is 3.07. The van der Waals surface area contributed by atoms with Gasteiger partial charge < -0.3 is 24.5 Å². The summed E-state index contributed by atoms with van der Waals surface area (Å²) in [5, 5.41) is 5.43. The summed E-state index contributed by atoms with van der Waals surface area (Å²) >= 11 is 0. The number of hydrogen-bond acceptors (Lipinski definition) is 5. The Balaban J connectivity index is 1.56. The first-order chi connectivity index (χ1) is 14.0. The van der Waals surface area contributed by atoms with E-state index in [-0.39, 0.29) is 17.6 Å². The topological polar surface area (TPSA) is 89.8 Å². The Labute approximate surface area is 167 Å². The van der Waals surface area contributed by atoms with Gasteiger partial charge in [-0.15, -0.1) is 0 Å². The van der Waals surface area contributed by atoms with Gasteiger partial charge in [0.25, 0.3) is 11.8 Å². The summed E-state index contributed by atoms with van der Waals surface area (Å²) in [4.78, 5) is 24.5. The molecular weight excluding hydrogens is 372 g/mol. The SMILES string of the molecule is CNC(=O)c1ccc(-c2cccc(C(=O)Nc3cc4c(cc3C)OCCO4)c2)o1. The van der Waals surface area contributed by atoms with Gasteiger partial charge in [-0.25, -0.2) is 0 Å². The van der Waals surface area contributed by atoms with Crippen molar-refractivity contribution in [2.24, 2.45) is 0 Å². The van der Waals surface area contributed by atoms with E-state index in [0.717, 1.165) is 5.56 Å². The summed E-state index contributed by atoms with van der Waals surface area (Å²) in [5.41, 5.74) is 2.70. The number of carbonyl (C=O) groups excluding carboxylic acids is 2. The van der Waals surface area contributed by atoms with Crippen molar-refractivity contribution < 1.29 is 23.5 Å². The van der Waals surface area contributed by atoms with Gasteiger partial charge in [0.05, 0.1) is 0 Å². The van der Waals surface area contributed by atoms with Crippen molar-refractivity contribution in [1.82, 2.24) is 5.32 Å². The second-order valence-corrected chi connectivity index (χ2v) is 6.59. The molecule has 7 nitrogen and oxygen atoms in total. The van der Waals surface area contributed by atoms with Crippen LogP contribution in [0.2, 0.25) is 0 Å². The normalized spacial score (nSPS) is 12.3. The second-order valence-electron chi connectivity index (χ2n) is 6.59. The number of hydrogen-bond donors (Lipinski definition) is 2. The van der Waals surface area contributed by atoms with Crippen LogP contribution in [0.25, 0.3) is 11.3 Å². The van der Waals surface area contributed by atoms with Crippen LogP contribution in [0.4, 0.5) is 5.69 Å². The van der Waals surface area contributed by atoms with Crippen molar-refractivity contribution in [1.29, 1.82) is 0 Å². The first kappa shape index (κ1) is 18.6. The van der Waals surface area contributed by atoms with E-state index in [1.807, 2.05) is 19.1 Å². The highest BCUT2D eigenvalue weighted by Crippen LogP contribution is 2.35. The van der Waals surface area contributed by atoms with Crippen LogP contribution < -0.4 is 20.1 Å². The Morgan fingerprint density at radius 1 is 0.931 bits per heavy atom. The molecule has 0 atom stereocenters. The maximum absolute atomic E-state index is 12.8. The summed E-state index contributed by atoms with van der Waals surface area (Å²) < 4.78 is 16.7. The molecule has 0 aliphatic carbocycles. The van der Waals surface area contributed by atoms with Crippen LogP contribution in [0.15, 0.2) is 52.9 Å². The van der Waals surface area contributed by atoms with Crippen molar-refractivity contribution in [3.63, 3.8) is 0 Å². The van der Waals surface area contributed by atoms with E-state index in [1.54, 1.807) is 36.4 Å². The van der Waals surface area contributed by atoms with E-state index in [0.29, 0.717) is 47.3 Å². The Morgan fingerprint density at radius 2 is 1.69 bits per heavy atom. The van der Waals surface area contributed by atoms with Gasteiger partial charge in [0.15, 0.2) is 17.3 Å². The van der Waals surface area contributed by atoms with Crippen LogP contribution in [0.5, 0.6) is 11.5 Å². The monoisotopic (exact) mass is 392 g/mol. The lowest BCUT2D eigenvalue weighted by molar-refractivity contribution is 0.0935. The maximum Gasteiger partial charge on any atom is 0.286 e. The molecule has 0 unspecified atom stereocenters. The summed E-state index contributed by atoms with van der Waals surface area (Å²) in [6.45, 7) is 2.89. The molecule has 2 heterocycles. The summed E-state index contributed by atoms with van der Waals surface area (Å²) in [6.07, 6.45) is 0. The third kappa shape index (κ3) is 3.80. The van der Waals surface area contributed by atoms with Crippen LogP contribution in [-0.2, 0) is 0 Å². The number of ether oxygens (including phenoxy) is 2. The van der Waals surface area contributed by atoms with Gasteiger partial charge in [-0.05, 0) is 42.8 Å². The summed E-state index contributed by atoms with van der Waals surface area (Å²) in [6, 6.07) is 13.9. The molecule has 4 rings (SSSR count). The predicted octanol–water partition coefficient (Wildman–Crippen LogP) is 3.64. The molecule has 0 saturated carbocycles. The van der Waals surface area contributed by atoms with E-state index in [1.165, 1.54) is 7.05 Å². The Hall–Kier alpha value is -3.74. The zero-order valence-electron chi connectivity index (χ0n) is 16.1. The third-order valence-electron chi connectivity index (χ3n) is 4.60. The number of anilines is 1. The second kappa shape index (κ2) is 7.71. The van der Waals surface area contributed by atoms with Crippen LogP contribution in [0.3, 0.4) is 0 Å². The van der Waals surface area contributed by atoms with Gasteiger partial charge in [0.2, 0.25) is 0 Å². The highest BCUT2D eigenvalue weighted by molar-refractivity contribution is 6.05. The van der Waals surface area contributed by atoms with Crippen molar-refractivity contribution in [3.8, 4) is 22.8 Å². The number of benzene rings is 2. The van der Waals surface area contributed by atoms with Crippen molar-refractivity contribution in [2.45, 2.75) is 6.92 Å². The number of furan rings is 1. The van der Waals surface area contributed by atoms with E-state index in [2.05, 4.69) is 10.6 Å². The van der Waals surface area contributed by atoms with Gasteiger partial charge >= 0.3 is 0 Å². The Bertz CT molecular complexity index is 1090. The van der Waals surface area contributed by atoms with Gasteiger partial charge in [0, 0.05) is 29.9 Å². The zero-order valence-corrected chi connectivity index (χ0v) is 16.1. The highest BCUT2D eigenvalue weighted by Gasteiger charge is 2.17. The summed E-state index contributed by atoms with van der Waals surface area (Å²) in [7, 11) is 1.54. The van der Waals surface area contributed by atoms with Gasteiger partial charge in [-0.2, -0.15) is 0 Å². The number of nitrogens with one attached hydrogen (secondary N) is 2. The smallest absolute Gasteiger partial charge is 0.286 e. The molecule has 7 heteroatoms. The summed E-state index contributed by atoms with van der Waals surface area (Å²) in [5.74, 6) is 1.45. The third-order valence-corrected chi connectivity index (χ3v) is 4.60. The van der Waals surface area contributed by atoms with Crippen LogP contribution >= 0.6 is 0 Å². The molecule has 0 saturated heterocycles. The largest absolute Gasteiger partial charge is 0.486 e. The molecule has 1 aromatic heterocycles. The van der Waals surface area contributed by atoms with E-state index in [9.17, 15) is 9.59 Å². The van der Waals surface area contributed by atoms with Crippen LogP contribution in [-0.4, -0.2) is 32.1 Å². The lowest BCUT2D eigenvalue weighted by Crippen LogP contribution is -2.17. The zero-order chi connectivity index (χ0) is 20.4. The molecule has 1 aliphatic heterocycles. The lowest BCUT2D eigenvalue weighted by Gasteiger charge is -2.20. The molecule has 0 spiro atoms. The minimum Gasteiger partial charge on any atom is -0.486 e. The number of carbonyl (C=O) groups is 2. The molecule has 3 aromatic rings. The fourth-order valence-corrected chi connectivity index (χ4v) is 3.07. The molecule has 148 valence electrons. The Morgan fingerprint density at radius 3 is 2.45 bits per heavy atom. The number of rotatable bonds is 4. The quantitative estimate of drug-likeness (QED) is 0.708. The van der Waals surface area contributed by atoms with Gasteiger partial charge in [0.1, 0.15) is 19.0 Å². The van der Waals surface area contributed by atoms with E-state index < -0.39 is 0 Å². The number of fused-ring (bicyclic) bond motifs is 1. The average molecular weight is 392 g/mol. The molecule has 29 heavy (non-hydrogen) atoms. The molecule has 0 fully saturated rings. The molecule has 0 bridgehead atoms. The first-order valence-corrected chi connectivity index (χ1v) is 9.19. The van der Waals surface area contributed by atoms with Crippen LogP contribution in [0, 0.1) is 6.92 Å². The molecule has 2 amide bonds. The predicted molar refractivity (Wildman–Crippen MR) is 108 cm³/mol. The molecule has 2 aromatic carbocycles. The maximum atomic E-state index is 12.8. The minimum absolute atomic E-state index is 0.212. The Kier molecular flexibility index (Phi) is 4.95. The average Bonchev–Trinajstić information content (AvgIpc) is 3.24.